The molecule has 0 bridgehead atoms. The minimum Gasteiger partial charge on any atom is -0.344 e. The molecule has 1 amide bonds. The second-order valence-corrected chi connectivity index (χ2v) is 3.31. The van der Waals surface area contributed by atoms with Crippen LogP contribution in [0.1, 0.15) is 40.0 Å². The van der Waals surface area contributed by atoms with E-state index in [0.29, 0.717) is 0 Å². The first-order valence-corrected chi connectivity index (χ1v) is 5.60. The van der Waals surface area contributed by atoms with Gasteiger partial charge in [-0.25, -0.2) is 0 Å². The molecule has 1 N–H and O–H groups in total. The third kappa shape index (κ3) is 14.0. The van der Waals surface area contributed by atoms with E-state index < -0.39 is 0 Å². The highest BCUT2D eigenvalue weighted by Gasteiger charge is 1.97. The number of amides is 1. The van der Waals surface area contributed by atoms with Crippen LogP contribution >= 0.6 is 0 Å². The second-order valence-electron chi connectivity index (χ2n) is 3.31. The largest absolute Gasteiger partial charge is 0.344 e. The van der Waals surface area contributed by atoms with E-state index in [9.17, 15) is 4.79 Å². The standard InChI is InChI=1S/C8H18N2O.C3H8/c1-3-4-6-10(8-11)7-5-9-2;1-3-2/h8-9H,3-7H2,1-2H3;3H2,1-2H3. The van der Waals surface area contributed by atoms with Crippen molar-refractivity contribution in [3.63, 3.8) is 0 Å². The lowest BCUT2D eigenvalue weighted by Crippen LogP contribution is -2.30. The number of carbonyl (C=O) groups is 1. The fourth-order valence-corrected chi connectivity index (χ4v) is 0.834. The molecule has 86 valence electrons. The van der Waals surface area contributed by atoms with Crippen LogP contribution < -0.4 is 5.32 Å². The van der Waals surface area contributed by atoms with Gasteiger partial charge < -0.3 is 10.2 Å². The molecule has 0 radical (unpaired) electrons. The number of hydrogen-bond donors (Lipinski definition) is 1. The highest BCUT2D eigenvalue weighted by Crippen LogP contribution is 1.90. The summed E-state index contributed by atoms with van der Waals surface area (Å²) in [6, 6.07) is 0. The maximum atomic E-state index is 10.4. The predicted molar refractivity (Wildman–Crippen MR) is 62.4 cm³/mol. The molecule has 0 heterocycles. The molecule has 0 rings (SSSR count). The van der Waals surface area contributed by atoms with Gasteiger partial charge in [-0.2, -0.15) is 0 Å². The van der Waals surface area contributed by atoms with Crippen LogP contribution in [0.5, 0.6) is 0 Å². The number of likely N-dealkylation sites (N-methyl/N-ethyl adjacent to an activating group) is 1. The Labute approximate surface area is 88.9 Å². The lowest BCUT2D eigenvalue weighted by Gasteiger charge is -2.15. The molecule has 0 aromatic carbocycles. The van der Waals surface area contributed by atoms with E-state index >= 15 is 0 Å². The summed E-state index contributed by atoms with van der Waals surface area (Å²) in [5.74, 6) is 0. The van der Waals surface area contributed by atoms with Gasteiger partial charge >= 0.3 is 0 Å². The molecule has 3 heteroatoms. The second kappa shape index (κ2) is 14.9. The average molecular weight is 202 g/mol. The van der Waals surface area contributed by atoms with Gasteiger partial charge in [-0.05, 0) is 13.5 Å². The Morgan fingerprint density at radius 1 is 1.21 bits per heavy atom. The van der Waals surface area contributed by atoms with E-state index in [1.807, 2.05) is 7.05 Å². The smallest absolute Gasteiger partial charge is 0.209 e. The highest BCUT2D eigenvalue weighted by atomic mass is 16.1. The van der Waals surface area contributed by atoms with Gasteiger partial charge in [-0.1, -0.05) is 33.6 Å². The van der Waals surface area contributed by atoms with E-state index in [0.717, 1.165) is 38.9 Å². The number of nitrogens with one attached hydrogen (secondary N) is 1. The first-order valence-electron chi connectivity index (χ1n) is 5.60. The van der Waals surface area contributed by atoms with Crippen molar-refractivity contribution in [2.24, 2.45) is 0 Å². The molecule has 0 saturated heterocycles. The number of nitrogens with zero attached hydrogens (tertiary/aromatic N) is 1. The van der Waals surface area contributed by atoms with E-state index in [4.69, 9.17) is 0 Å². The molecule has 0 aromatic heterocycles. The molecular formula is C11H26N2O. The fourth-order valence-electron chi connectivity index (χ4n) is 0.834. The number of rotatable bonds is 7. The Hall–Kier alpha value is -0.570. The van der Waals surface area contributed by atoms with E-state index in [1.54, 1.807) is 4.90 Å². The van der Waals surface area contributed by atoms with Crippen molar-refractivity contribution >= 4 is 6.41 Å². The zero-order valence-electron chi connectivity index (χ0n) is 10.2. The third-order valence-electron chi connectivity index (χ3n) is 1.60. The molecule has 14 heavy (non-hydrogen) atoms. The molecule has 0 aliphatic rings. The normalized spacial score (nSPS) is 8.86. The molecule has 0 fully saturated rings. The van der Waals surface area contributed by atoms with E-state index in [1.165, 1.54) is 6.42 Å². The SMILES string of the molecule is CCC.CCCCN(C=O)CCNC. The maximum absolute atomic E-state index is 10.4. The number of unbranched alkanes of at least 4 members (excludes halogenated alkanes) is 1. The third-order valence-corrected chi connectivity index (χ3v) is 1.60. The number of hydrogen-bond acceptors (Lipinski definition) is 2. The maximum Gasteiger partial charge on any atom is 0.209 e. The molecule has 3 nitrogen and oxygen atoms in total. The van der Waals surface area contributed by atoms with Crippen LogP contribution in [0, 0.1) is 0 Å². The topological polar surface area (TPSA) is 32.3 Å². The van der Waals surface area contributed by atoms with Crippen LogP contribution in [0.4, 0.5) is 0 Å². The molecular weight excluding hydrogens is 176 g/mol. The Morgan fingerprint density at radius 3 is 2.14 bits per heavy atom. The van der Waals surface area contributed by atoms with Gasteiger partial charge in [0.05, 0.1) is 0 Å². The van der Waals surface area contributed by atoms with Crippen molar-refractivity contribution in [3.8, 4) is 0 Å². The molecule has 0 aliphatic heterocycles. The van der Waals surface area contributed by atoms with Crippen molar-refractivity contribution in [2.45, 2.75) is 40.0 Å². The van der Waals surface area contributed by atoms with Gasteiger partial charge in [0.1, 0.15) is 0 Å². The van der Waals surface area contributed by atoms with Crippen molar-refractivity contribution in [3.05, 3.63) is 0 Å². The van der Waals surface area contributed by atoms with E-state index in [-0.39, 0.29) is 0 Å². The minimum atomic E-state index is 0.819. The Bertz CT molecular complexity index is 99.5. The summed E-state index contributed by atoms with van der Waals surface area (Å²) < 4.78 is 0. The lowest BCUT2D eigenvalue weighted by molar-refractivity contribution is -0.118. The summed E-state index contributed by atoms with van der Waals surface area (Å²) in [6.45, 7) is 8.96. The monoisotopic (exact) mass is 202 g/mol. The molecule has 0 saturated carbocycles. The van der Waals surface area contributed by atoms with Gasteiger partial charge in [0.15, 0.2) is 0 Å². The first-order chi connectivity index (χ1) is 6.76. The van der Waals surface area contributed by atoms with E-state index in [2.05, 4.69) is 26.1 Å². The quantitative estimate of drug-likeness (QED) is 0.639. The van der Waals surface area contributed by atoms with Crippen molar-refractivity contribution < 1.29 is 4.79 Å². The van der Waals surface area contributed by atoms with Crippen LogP contribution in [0.25, 0.3) is 0 Å². The zero-order chi connectivity index (χ0) is 11.2. The average Bonchev–Trinajstić information content (AvgIpc) is 2.20. The van der Waals surface area contributed by atoms with Crippen molar-refractivity contribution in [1.29, 1.82) is 0 Å². The van der Waals surface area contributed by atoms with Crippen molar-refractivity contribution in [2.75, 3.05) is 26.7 Å². The van der Waals surface area contributed by atoms with Gasteiger partial charge in [-0.15, -0.1) is 0 Å². The molecule has 0 spiro atoms. The zero-order valence-corrected chi connectivity index (χ0v) is 10.2. The van der Waals surface area contributed by atoms with Crippen LogP contribution in [0.3, 0.4) is 0 Å². The molecule has 0 atom stereocenters. The summed E-state index contributed by atoms with van der Waals surface area (Å²) in [5.41, 5.74) is 0. The summed E-state index contributed by atoms with van der Waals surface area (Å²) >= 11 is 0. The summed E-state index contributed by atoms with van der Waals surface area (Å²) in [7, 11) is 1.89. The Kier molecular flexibility index (Phi) is 16.9. The summed E-state index contributed by atoms with van der Waals surface area (Å²) in [6.07, 6.45) is 4.42. The predicted octanol–water partition coefficient (Wildman–Crippen LogP) is 1.88. The molecule has 0 aliphatic carbocycles. The van der Waals surface area contributed by atoms with Crippen LogP contribution in [0.2, 0.25) is 0 Å². The molecule has 0 unspecified atom stereocenters. The summed E-state index contributed by atoms with van der Waals surface area (Å²) in [5, 5.41) is 3.01. The Morgan fingerprint density at radius 2 is 1.79 bits per heavy atom. The van der Waals surface area contributed by atoms with Gasteiger partial charge in [0, 0.05) is 19.6 Å². The highest BCUT2D eigenvalue weighted by molar-refractivity contribution is 5.46. The van der Waals surface area contributed by atoms with Gasteiger partial charge in [0.25, 0.3) is 0 Å². The minimum absolute atomic E-state index is 0.819. The van der Waals surface area contributed by atoms with Crippen LogP contribution in [-0.2, 0) is 4.79 Å². The summed E-state index contributed by atoms with van der Waals surface area (Å²) in [4.78, 5) is 12.2. The number of carbonyl (C=O) groups excluding carboxylic acids is 1. The Balaban J connectivity index is 0. The lowest BCUT2D eigenvalue weighted by atomic mass is 10.3. The van der Waals surface area contributed by atoms with Crippen LogP contribution in [-0.4, -0.2) is 38.0 Å². The van der Waals surface area contributed by atoms with Crippen molar-refractivity contribution in [1.82, 2.24) is 10.2 Å². The molecule has 0 aromatic rings. The van der Waals surface area contributed by atoms with Gasteiger partial charge in [-0.3, -0.25) is 4.79 Å². The fraction of sp³-hybridized carbons (Fsp3) is 0.909. The van der Waals surface area contributed by atoms with Gasteiger partial charge in [0.2, 0.25) is 6.41 Å². The van der Waals surface area contributed by atoms with Crippen LogP contribution in [0.15, 0.2) is 0 Å². The first kappa shape index (κ1) is 15.9.